The molecule has 6 nitrogen and oxygen atoms in total. The summed E-state index contributed by atoms with van der Waals surface area (Å²) in [5.74, 6) is 2.74. The van der Waals surface area contributed by atoms with Crippen LogP contribution in [-0.4, -0.2) is 30.3 Å². The van der Waals surface area contributed by atoms with E-state index in [1.807, 2.05) is 0 Å². The monoisotopic (exact) mass is 263 g/mol. The first-order valence-electron chi connectivity index (χ1n) is 5.08. The van der Waals surface area contributed by atoms with E-state index < -0.39 is 5.60 Å². The third-order valence-corrected chi connectivity index (χ3v) is 2.15. The fourth-order valence-electron chi connectivity index (χ4n) is 1.11. The number of hydrogen-bond donors (Lipinski definition) is 0. The molecule has 0 amide bonds. The van der Waals surface area contributed by atoms with E-state index in [0.29, 0.717) is 0 Å². The number of ether oxygens (including phenoxy) is 1. The van der Waals surface area contributed by atoms with Crippen molar-refractivity contribution in [3.63, 3.8) is 0 Å². The number of rotatable bonds is 3. The molecule has 2 aromatic rings. The van der Waals surface area contributed by atoms with Crippen molar-refractivity contribution in [1.29, 1.82) is 0 Å². The molecule has 92 valence electrons. The van der Waals surface area contributed by atoms with Gasteiger partial charge in [-0.15, -0.1) is 6.42 Å². The number of terminal acetylenes is 1. The van der Waals surface area contributed by atoms with E-state index in [0.717, 1.165) is 0 Å². The van der Waals surface area contributed by atoms with Gasteiger partial charge in [0.2, 0.25) is 5.28 Å². The summed E-state index contributed by atoms with van der Waals surface area (Å²) in [5.41, 5.74) is -0.827. The van der Waals surface area contributed by atoms with Crippen LogP contribution in [0, 0.1) is 12.3 Å². The molecule has 2 heterocycles. The zero-order chi connectivity index (χ0) is 13.2. The van der Waals surface area contributed by atoms with Crippen molar-refractivity contribution in [3.8, 4) is 24.3 Å². The van der Waals surface area contributed by atoms with Crippen LogP contribution >= 0.6 is 11.6 Å². The van der Waals surface area contributed by atoms with Crippen LogP contribution in [0.25, 0.3) is 5.95 Å². The second-order valence-electron chi connectivity index (χ2n) is 3.89. The second-order valence-corrected chi connectivity index (χ2v) is 4.23. The zero-order valence-electron chi connectivity index (χ0n) is 9.83. The van der Waals surface area contributed by atoms with Crippen molar-refractivity contribution in [1.82, 2.24) is 24.7 Å². The molecule has 18 heavy (non-hydrogen) atoms. The highest BCUT2D eigenvalue weighted by Gasteiger charge is 2.19. The van der Waals surface area contributed by atoms with E-state index in [1.165, 1.54) is 4.68 Å². The molecule has 0 saturated carbocycles. The molecule has 0 bridgehead atoms. The summed E-state index contributed by atoms with van der Waals surface area (Å²) >= 11 is 5.80. The summed E-state index contributed by atoms with van der Waals surface area (Å²) in [6, 6.07) is 1.80. The van der Waals surface area contributed by atoms with Crippen LogP contribution in [-0.2, 0) is 0 Å². The molecular weight excluding hydrogens is 254 g/mol. The summed E-state index contributed by atoms with van der Waals surface area (Å²) in [4.78, 5) is 11.9. The summed E-state index contributed by atoms with van der Waals surface area (Å²) in [6.07, 6.45) is 8.61. The molecule has 0 saturated heterocycles. The summed E-state index contributed by atoms with van der Waals surface area (Å²) in [7, 11) is 0. The molecule has 0 N–H and O–H groups in total. The molecule has 0 aliphatic carbocycles. The average molecular weight is 264 g/mol. The van der Waals surface area contributed by atoms with E-state index in [1.54, 1.807) is 32.3 Å². The predicted octanol–water partition coefficient (Wildman–Crippen LogP) is 1.50. The van der Waals surface area contributed by atoms with Crippen LogP contribution in [0.1, 0.15) is 13.8 Å². The third kappa shape index (κ3) is 2.76. The lowest BCUT2D eigenvalue weighted by molar-refractivity contribution is 0.155. The molecule has 7 heteroatoms. The van der Waals surface area contributed by atoms with Crippen molar-refractivity contribution in [2.24, 2.45) is 0 Å². The molecule has 0 fully saturated rings. The Balaban J connectivity index is 2.37. The maximum atomic E-state index is 5.80. The molecule has 0 atom stereocenters. The Labute approximate surface area is 109 Å². The van der Waals surface area contributed by atoms with Gasteiger partial charge in [-0.3, -0.25) is 0 Å². The van der Waals surface area contributed by atoms with Crippen molar-refractivity contribution in [2.75, 3.05) is 0 Å². The van der Waals surface area contributed by atoms with Crippen LogP contribution in [0.15, 0.2) is 18.5 Å². The molecule has 2 rings (SSSR count). The largest absolute Gasteiger partial charge is 0.444 e. The lowest BCUT2D eigenvalue weighted by atomic mass is 10.2. The summed E-state index contributed by atoms with van der Waals surface area (Å²) in [5, 5.41) is 4.01. The van der Waals surface area contributed by atoms with E-state index >= 15 is 0 Å². The summed E-state index contributed by atoms with van der Waals surface area (Å²) in [6.45, 7) is 3.44. The van der Waals surface area contributed by atoms with Crippen molar-refractivity contribution >= 4 is 11.6 Å². The van der Waals surface area contributed by atoms with Gasteiger partial charge in [-0.25, -0.2) is 4.68 Å². The van der Waals surface area contributed by atoms with Gasteiger partial charge < -0.3 is 4.74 Å². The lowest BCUT2D eigenvalue weighted by Crippen LogP contribution is -2.27. The fourth-order valence-corrected chi connectivity index (χ4v) is 1.26. The third-order valence-electron chi connectivity index (χ3n) is 1.98. The Morgan fingerprint density at radius 2 is 2.17 bits per heavy atom. The van der Waals surface area contributed by atoms with Gasteiger partial charge in [-0.05, 0) is 31.5 Å². The van der Waals surface area contributed by atoms with Gasteiger partial charge in [-0.2, -0.15) is 20.1 Å². The minimum atomic E-state index is -0.827. The maximum Gasteiger partial charge on any atom is 0.324 e. The van der Waals surface area contributed by atoms with Crippen LogP contribution in [0.2, 0.25) is 5.28 Å². The van der Waals surface area contributed by atoms with Crippen LogP contribution in [0.5, 0.6) is 6.01 Å². The normalized spacial score (nSPS) is 11.0. The van der Waals surface area contributed by atoms with Crippen molar-refractivity contribution in [2.45, 2.75) is 19.4 Å². The Hall–Kier alpha value is -2.13. The smallest absolute Gasteiger partial charge is 0.324 e. The SMILES string of the molecule is C#CC(C)(C)Oc1nc(Cl)nc(-n2cccn2)n1. The van der Waals surface area contributed by atoms with Crippen molar-refractivity contribution in [3.05, 3.63) is 23.7 Å². The molecule has 2 aromatic heterocycles. The van der Waals surface area contributed by atoms with Crippen LogP contribution < -0.4 is 4.74 Å². The number of halogens is 1. The lowest BCUT2D eigenvalue weighted by Gasteiger charge is -2.18. The fraction of sp³-hybridized carbons (Fsp3) is 0.273. The van der Waals surface area contributed by atoms with Crippen molar-refractivity contribution < 1.29 is 4.74 Å². The quantitative estimate of drug-likeness (QED) is 0.785. The highest BCUT2D eigenvalue weighted by atomic mass is 35.5. The topological polar surface area (TPSA) is 65.7 Å². The van der Waals surface area contributed by atoms with E-state index in [9.17, 15) is 0 Å². The zero-order valence-corrected chi connectivity index (χ0v) is 10.6. The second kappa shape index (κ2) is 4.63. The molecule has 0 aliphatic heterocycles. The van der Waals surface area contributed by atoms with E-state index in [4.69, 9.17) is 22.8 Å². The molecule has 0 spiro atoms. The van der Waals surface area contributed by atoms with Gasteiger partial charge in [-0.1, -0.05) is 5.92 Å². The average Bonchev–Trinajstić information content (AvgIpc) is 2.81. The number of hydrogen-bond acceptors (Lipinski definition) is 5. The highest BCUT2D eigenvalue weighted by Crippen LogP contribution is 2.16. The molecule has 0 unspecified atom stereocenters. The van der Waals surface area contributed by atoms with Gasteiger partial charge in [0.15, 0.2) is 5.60 Å². The Bertz CT molecular complexity index is 588. The van der Waals surface area contributed by atoms with Gasteiger partial charge in [0.1, 0.15) is 0 Å². The van der Waals surface area contributed by atoms with E-state index in [-0.39, 0.29) is 17.2 Å². The van der Waals surface area contributed by atoms with Gasteiger partial charge in [0.05, 0.1) is 0 Å². The first-order valence-corrected chi connectivity index (χ1v) is 5.46. The van der Waals surface area contributed by atoms with Crippen LogP contribution in [0.4, 0.5) is 0 Å². The predicted molar refractivity (Wildman–Crippen MR) is 65.5 cm³/mol. The Kier molecular flexibility index (Phi) is 3.17. The number of aromatic nitrogens is 5. The highest BCUT2D eigenvalue weighted by molar-refractivity contribution is 6.28. The standard InChI is InChI=1S/C11H10ClN5O/c1-4-11(2,3)18-10-15-8(12)14-9(16-10)17-7-5-6-13-17/h1,5-7H,2-3H3. The number of nitrogens with zero attached hydrogens (tertiary/aromatic N) is 5. The Morgan fingerprint density at radius 3 is 2.78 bits per heavy atom. The maximum absolute atomic E-state index is 5.80. The first kappa shape index (κ1) is 12.3. The van der Waals surface area contributed by atoms with Crippen LogP contribution in [0.3, 0.4) is 0 Å². The molecular formula is C11H10ClN5O. The van der Waals surface area contributed by atoms with E-state index in [2.05, 4.69) is 26.0 Å². The molecule has 0 radical (unpaired) electrons. The van der Waals surface area contributed by atoms with Gasteiger partial charge >= 0.3 is 6.01 Å². The minimum Gasteiger partial charge on any atom is -0.444 e. The first-order chi connectivity index (χ1) is 8.50. The minimum absolute atomic E-state index is 0.0123. The van der Waals surface area contributed by atoms with Gasteiger partial charge in [0.25, 0.3) is 5.95 Å². The summed E-state index contributed by atoms with van der Waals surface area (Å²) < 4.78 is 6.89. The molecule has 0 aliphatic rings. The molecule has 0 aromatic carbocycles. The van der Waals surface area contributed by atoms with Gasteiger partial charge in [0, 0.05) is 12.4 Å². The Morgan fingerprint density at radius 1 is 1.39 bits per heavy atom.